The molecule has 6 heteroatoms. The van der Waals surface area contributed by atoms with Gasteiger partial charge in [-0.3, -0.25) is 14.4 Å². The largest absolute Gasteiger partial charge is 0.480 e. The summed E-state index contributed by atoms with van der Waals surface area (Å²) in [7, 11) is 0. The van der Waals surface area contributed by atoms with E-state index in [-0.39, 0.29) is 24.5 Å². The van der Waals surface area contributed by atoms with Gasteiger partial charge in [0.15, 0.2) is 0 Å². The van der Waals surface area contributed by atoms with Gasteiger partial charge >= 0.3 is 11.9 Å². The van der Waals surface area contributed by atoms with Crippen LogP contribution in [0.25, 0.3) is 0 Å². The Morgan fingerprint density at radius 1 is 0.675 bits per heavy atom. The molecule has 230 valence electrons. The molecule has 0 aliphatic rings. The van der Waals surface area contributed by atoms with Gasteiger partial charge in [-0.2, -0.15) is 0 Å². The van der Waals surface area contributed by atoms with E-state index < -0.39 is 5.97 Å². The van der Waals surface area contributed by atoms with E-state index >= 15 is 0 Å². The number of rotatable bonds is 28. The minimum absolute atomic E-state index is 0.103. The topological polar surface area (TPSA) is 92.7 Å². The minimum atomic E-state index is -1.03. The Bertz CT molecular complexity index is 713. The van der Waals surface area contributed by atoms with E-state index in [1.807, 2.05) is 0 Å². The third-order valence-electron chi connectivity index (χ3n) is 6.77. The second-order valence-corrected chi connectivity index (χ2v) is 10.7. The lowest BCUT2D eigenvalue weighted by Crippen LogP contribution is -2.28. The fourth-order valence-electron chi connectivity index (χ4n) is 4.32. The van der Waals surface area contributed by atoms with Gasteiger partial charge in [0.1, 0.15) is 12.6 Å². The molecule has 0 saturated carbocycles. The van der Waals surface area contributed by atoms with E-state index in [1.54, 1.807) is 0 Å². The van der Waals surface area contributed by atoms with Gasteiger partial charge in [0.25, 0.3) is 0 Å². The Balaban J connectivity index is 4.08. The molecule has 0 aromatic heterocycles. The Morgan fingerprint density at radius 3 is 1.95 bits per heavy atom. The normalized spacial score (nSPS) is 12.4. The summed E-state index contributed by atoms with van der Waals surface area (Å²) in [5, 5.41) is 11.0. The number of carboxylic acid groups (broad SMARTS) is 1. The number of esters is 1. The summed E-state index contributed by atoms with van der Waals surface area (Å²) in [4.78, 5) is 34.6. The molecule has 1 atom stereocenters. The number of hydrogen-bond acceptors (Lipinski definition) is 4. The van der Waals surface area contributed by atoms with Crippen LogP contribution in [0.2, 0.25) is 0 Å². The van der Waals surface area contributed by atoms with Crippen molar-refractivity contribution in [1.29, 1.82) is 0 Å². The molecule has 0 aliphatic carbocycles. The molecule has 2 N–H and O–H groups in total. The van der Waals surface area contributed by atoms with Crippen molar-refractivity contribution in [2.75, 3.05) is 6.54 Å². The standard InChI is InChI=1S/C34H59NO5/c1-3-5-7-9-10-11-12-13-14-15-16-17-19-25-29-34(39)40-31(26-22-18-8-6-4-2)27-23-20-21-24-28-32(36)35-30-33(37)38/h9-10,12-13,22,26,31H,3-8,11,14-21,23-25,27-30H2,1-2H3,(H,35,36)(H,37,38)/b10-9-,13-12-,26-22-. The maximum Gasteiger partial charge on any atom is 0.322 e. The van der Waals surface area contributed by atoms with Crippen molar-refractivity contribution in [3.8, 4) is 0 Å². The first-order chi connectivity index (χ1) is 19.5. The molecule has 0 saturated heterocycles. The Kier molecular flexibility index (Phi) is 27.9. The van der Waals surface area contributed by atoms with Crippen molar-refractivity contribution >= 4 is 17.8 Å². The number of carbonyl (C=O) groups excluding carboxylic acids is 2. The van der Waals surface area contributed by atoms with Crippen LogP contribution in [0.4, 0.5) is 0 Å². The monoisotopic (exact) mass is 561 g/mol. The second kappa shape index (κ2) is 29.6. The first-order valence-corrected chi connectivity index (χ1v) is 16.1. The van der Waals surface area contributed by atoms with Crippen LogP contribution < -0.4 is 5.32 Å². The molecule has 0 heterocycles. The summed E-state index contributed by atoms with van der Waals surface area (Å²) in [6.07, 6.45) is 34.2. The average molecular weight is 562 g/mol. The van der Waals surface area contributed by atoms with Gasteiger partial charge in [-0.05, 0) is 70.3 Å². The van der Waals surface area contributed by atoms with E-state index in [4.69, 9.17) is 9.84 Å². The van der Waals surface area contributed by atoms with E-state index in [1.165, 1.54) is 44.9 Å². The van der Waals surface area contributed by atoms with Gasteiger partial charge in [-0.15, -0.1) is 0 Å². The Morgan fingerprint density at radius 2 is 1.25 bits per heavy atom. The van der Waals surface area contributed by atoms with Gasteiger partial charge in [0, 0.05) is 12.8 Å². The van der Waals surface area contributed by atoms with Crippen molar-refractivity contribution in [1.82, 2.24) is 5.32 Å². The lowest BCUT2D eigenvalue weighted by molar-refractivity contribution is -0.147. The van der Waals surface area contributed by atoms with Crippen LogP contribution in [-0.2, 0) is 19.1 Å². The van der Waals surface area contributed by atoms with Crippen LogP contribution in [0.1, 0.15) is 149 Å². The molecule has 0 aromatic carbocycles. The molecule has 0 aliphatic heterocycles. The van der Waals surface area contributed by atoms with Crippen LogP contribution >= 0.6 is 0 Å². The second-order valence-electron chi connectivity index (χ2n) is 10.7. The van der Waals surface area contributed by atoms with Crippen LogP contribution in [-0.4, -0.2) is 35.6 Å². The van der Waals surface area contributed by atoms with Gasteiger partial charge in [0.05, 0.1) is 0 Å². The fourth-order valence-corrected chi connectivity index (χ4v) is 4.32. The van der Waals surface area contributed by atoms with Gasteiger partial charge in [0.2, 0.25) is 5.91 Å². The zero-order valence-corrected chi connectivity index (χ0v) is 25.7. The van der Waals surface area contributed by atoms with Crippen LogP contribution in [0, 0.1) is 0 Å². The highest BCUT2D eigenvalue weighted by molar-refractivity contribution is 5.80. The maximum atomic E-state index is 12.5. The molecule has 1 amide bonds. The maximum absolute atomic E-state index is 12.5. The Hall–Kier alpha value is -2.37. The van der Waals surface area contributed by atoms with Gasteiger partial charge < -0.3 is 15.2 Å². The highest BCUT2D eigenvalue weighted by Crippen LogP contribution is 2.14. The molecule has 6 nitrogen and oxygen atoms in total. The van der Waals surface area contributed by atoms with Crippen LogP contribution in [0.15, 0.2) is 36.5 Å². The number of aliphatic carboxylic acids is 1. The molecule has 0 spiro atoms. The van der Waals surface area contributed by atoms with Crippen molar-refractivity contribution in [3.63, 3.8) is 0 Å². The smallest absolute Gasteiger partial charge is 0.322 e. The van der Waals surface area contributed by atoms with E-state index in [0.717, 1.165) is 77.0 Å². The lowest BCUT2D eigenvalue weighted by Gasteiger charge is -2.15. The zero-order chi connectivity index (χ0) is 29.5. The van der Waals surface area contributed by atoms with Crippen molar-refractivity contribution in [2.45, 2.75) is 155 Å². The van der Waals surface area contributed by atoms with Gasteiger partial charge in [-0.1, -0.05) is 102 Å². The van der Waals surface area contributed by atoms with Crippen LogP contribution in [0.5, 0.6) is 0 Å². The van der Waals surface area contributed by atoms with Crippen molar-refractivity contribution in [3.05, 3.63) is 36.5 Å². The first-order valence-electron chi connectivity index (χ1n) is 16.1. The van der Waals surface area contributed by atoms with Crippen molar-refractivity contribution < 1.29 is 24.2 Å². The molecular weight excluding hydrogens is 502 g/mol. The van der Waals surface area contributed by atoms with Gasteiger partial charge in [-0.25, -0.2) is 0 Å². The molecule has 0 bridgehead atoms. The third-order valence-corrected chi connectivity index (χ3v) is 6.77. The summed E-state index contributed by atoms with van der Waals surface area (Å²) in [6, 6.07) is 0. The Labute approximate surface area is 245 Å². The molecule has 1 unspecified atom stereocenters. The number of hydrogen-bond donors (Lipinski definition) is 2. The third kappa shape index (κ3) is 28.6. The minimum Gasteiger partial charge on any atom is -0.480 e. The zero-order valence-electron chi connectivity index (χ0n) is 25.7. The van der Waals surface area contributed by atoms with E-state index in [9.17, 15) is 14.4 Å². The molecule has 0 fully saturated rings. The summed E-state index contributed by atoms with van der Waals surface area (Å²) in [5.41, 5.74) is 0. The summed E-state index contributed by atoms with van der Waals surface area (Å²) in [6.45, 7) is 4.08. The highest BCUT2D eigenvalue weighted by Gasteiger charge is 2.11. The lowest BCUT2D eigenvalue weighted by atomic mass is 10.1. The average Bonchev–Trinajstić information content (AvgIpc) is 2.93. The van der Waals surface area contributed by atoms with E-state index in [2.05, 4.69) is 55.6 Å². The fraction of sp³-hybridized carbons (Fsp3) is 0.735. The summed E-state index contributed by atoms with van der Waals surface area (Å²) >= 11 is 0. The molecule has 0 aromatic rings. The summed E-state index contributed by atoms with van der Waals surface area (Å²) in [5.74, 6) is -1.35. The number of carbonyl (C=O) groups is 3. The number of carboxylic acids is 1. The quantitative estimate of drug-likeness (QED) is 0.0565. The molecule has 0 rings (SSSR count). The van der Waals surface area contributed by atoms with Crippen molar-refractivity contribution in [2.24, 2.45) is 0 Å². The first kappa shape index (κ1) is 37.6. The number of ether oxygens (including phenoxy) is 1. The number of allylic oxidation sites excluding steroid dienone is 5. The van der Waals surface area contributed by atoms with E-state index in [0.29, 0.717) is 12.8 Å². The SMILES string of the molecule is CCCC/C=C\C/C=C\CCCCCCCC(=O)OC(/C=C\CCCCC)CCCCCCC(=O)NCC(=O)O. The molecule has 40 heavy (non-hydrogen) atoms. The van der Waals surface area contributed by atoms with Crippen LogP contribution in [0.3, 0.4) is 0 Å². The predicted octanol–water partition coefficient (Wildman–Crippen LogP) is 9.00. The summed E-state index contributed by atoms with van der Waals surface area (Å²) < 4.78 is 5.81. The number of nitrogens with one attached hydrogen (secondary N) is 1. The molecule has 0 radical (unpaired) electrons. The highest BCUT2D eigenvalue weighted by atomic mass is 16.5. The number of unbranched alkanes of at least 4 members (excludes halogenated alkanes) is 13. The molecular formula is C34H59NO5. The predicted molar refractivity (Wildman–Crippen MR) is 166 cm³/mol. The number of amides is 1.